The Labute approximate surface area is 267 Å². The van der Waals surface area contributed by atoms with Crippen LogP contribution in [0.3, 0.4) is 0 Å². The van der Waals surface area contributed by atoms with Gasteiger partial charge in [-0.25, -0.2) is 13.1 Å². The second-order valence-corrected chi connectivity index (χ2v) is 13.6. The molecule has 3 atom stereocenters. The lowest BCUT2D eigenvalue weighted by molar-refractivity contribution is -0.245. The molecule has 1 saturated heterocycles. The minimum atomic E-state index is -3.64. The molecule has 2 heterocycles. The Morgan fingerprint density at radius 3 is 2.33 bits per heavy atom. The van der Waals surface area contributed by atoms with Gasteiger partial charge < -0.3 is 19.1 Å². The number of rotatable bonds is 11. The van der Waals surface area contributed by atoms with Crippen molar-refractivity contribution in [2.45, 2.75) is 48.1 Å². The van der Waals surface area contributed by atoms with E-state index in [2.05, 4.69) is 14.9 Å². The van der Waals surface area contributed by atoms with Crippen LogP contribution in [0.1, 0.15) is 41.1 Å². The molecule has 0 aliphatic carbocycles. The molecule has 1 aliphatic rings. The first-order valence-corrected chi connectivity index (χ1v) is 17.1. The Bertz CT molecular complexity index is 1810. The topological polar surface area (TPSA) is 116 Å². The van der Waals surface area contributed by atoms with Crippen molar-refractivity contribution in [2.24, 2.45) is 7.05 Å². The highest BCUT2D eigenvalue weighted by Gasteiger charge is 2.32. The summed E-state index contributed by atoms with van der Waals surface area (Å²) in [6.45, 7) is 0.147. The molecule has 5 aromatic rings. The SMILES string of the molecule is Cn1cnnc1SC[C@H]1C[C@@H](c2ccc(CO)cc2)O[C@@H](c2ccc(-c3ccccc3CNS(=O)(=O)c3ccccc3)cc2)O1. The average Bonchev–Trinajstić information content (AvgIpc) is 3.51. The summed E-state index contributed by atoms with van der Waals surface area (Å²) >= 11 is 1.59. The minimum Gasteiger partial charge on any atom is -0.392 e. The van der Waals surface area contributed by atoms with Crippen LogP contribution >= 0.6 is 11.8 Å². The van der Waals surface area contributed by atoms with Gasteiger partial charge in [0.05, 0.1) is 23.7 Å². The maximum absolute atomic E-state index is 12.8. The predicted octanol–water partition coefficient (Wildman–Crippen LogP) is 5.79. The molecule has 45 heavy (non-hydrogen) atoms. The molecular weight excluding hydrogens is 609 g/mol. The van der Waals surface area contributed by atoms with Crippen LogP contribution in [0.25, 0.3) is 11.1 Å². The Kier molecular flexibility index (Phi) is 9.74. The zero-order valence-corrected chi connectivity index (χ0v) is 26.3. The van der Waals surface area contributed by atoms with E-state index in [1.165, 1.54) is 0 Å². The lowest BCUT2D eigenvalue weighted by atomic mass is 9.98. The van der Waals surface area contributed by atoms with Crippen molar-refractivity contribution >= 4 is 21.8 Å². The number of aromatic nitrogens is 3. The second kappa shape index (κ2) is 14.1. The number of ether oxygens (including phenoxy) is 2. The molecule has 9 nitrogen and oxygen atoms in total. The third kappa shape index (κ3) is 7.52. The zero-order chi connectivity index (χ0) is 31.2. The first-order valence-electron chi connectivity index (χ1n) is 14.6. The molecule has 0 radical (unpaired) electrons. The molecule has 1 aromatic heterocycles. The summed E-state index contributed by atoms with van der Waals surface area (Å²) in [5.41, 5.74) is 5.51. The van der Waals surface area contributed by atoms with Crippen molar-refractivity contribution in [3.8, 4) is 11.1 Å². The number of aryl methyl sites for hydroxylation is 1. The standard InChI is InChI=1S/C34H34N4O5S2/c1-38-23-35-37-34(38)44-22-29-19-32(26-13-11-24(21-39)12-14-26)43-33(42-29)27-17-15-25(16-18-27)31-10-6-5-7-28(31)20-36-45(40,41)30-8-3-2-4-9-30/h2-18,23,29,32-33,36,39H,19-22H2,1H3/t29-,32+,33+/m1/s1. The fourth-order valence-electron chi connectivity index (χ4n) is 5.23. The number of sulfonamides is 1. The second-order valence-electron chi connectivity index (χ2n) is 10.8. The van der Waals surface area contributed by atoms with Gasteiger partial charge in [0, 0.05) is 31.3 Å². The highest BCUT2D eigenvalue weighted by atomic mass is 32.2. The van der Waals surface area contributed by atoms with Crippen molar-refractivity contribution in [3.05, 3.63) is 132 Å². The summed E-state index contributed by atoms with van der Waals surface area (Å²) in [6.07, 6.45) is 1.46. The molecule has 4 aromatic carbocycles. The first-order chi connectivity index (χ1) is 21.9. The number of aliphatic hydroxyl groups excluding tert-OH is 1. The fraction of sp³-hybridized carbons (Fsp3) is 0.235. The largest absolute Gasteiger partial charge is 0.392 e. The fourth-order valence-corrected chi connectivity index (χ4v) is 7.16. The smallest absolute Gasteiger partial charge is 0.240 e. The van der Waals surface area contributed by atoms with Crippen LogP contribution in [0.4, 0.5) is 0 Å². The van der Waals surface area contributed by atoms with Crippen LogP contribution in [0, 0.1) is 0 Å². The van der Waals surface area contributed by atoms with Crippen LogP contribution in [0.5, 0.6) is 0 Å². The van der Waals surface area contributed by atoms with E-state index in [4.69, 9.17) is 9.47 Å². The summed E-state index contributed by atoms with van der Waals surface area (Å²) in [4.78, 5) is 0.232. The minimum absolute atomic E-state index is 0.0110. The van der Waals surface area contributed by atoms with Gasteiger partial charge in [0.25, 0.3) is 0 Å². The molecule has 0 spiro atoms. The monoisotopic (exact) mass is 642 g/mol. The summed E-state index contributed by atoms with van der Waals surface area (Å²) in [7, 11) is -1.73. The number of hydrogen-bond donors (Lipinski definition) is 2. The molecule has 11 heteroatoms. The van der Waals surface area contributed by atoms with E-state index in [-0.39, 0.29) is 30.3 Å². The summed E-state index contributed by atoms with van der Waals surface area (Å²) in [5.74, 6) is 0.683. The number of thioether (sulfide) groups is 1. The quantitative estimate of drug-likeness (QED) is 0.174. The summed E-state index contributed by atoms with van der Waals surface area (Å²) < 4.78 is 43.3. The molecule has 0 unspecified atom stereocenters. The summed E-state index contributed by atoms with van der Waals surface area (Å²) in [6, 6.07) is 32.0. The Hall–Kier alpha value is -3.84. The molecule has 2 N–H and O–H groups in total. The number of nitrogens with one attached hydrogen (secondary N) is 1. The zero-order valence-electron chi connectivity index (χ0n) is 24.7. The van der Waals surface area contributed by atoms with Crippen molar-refractivity contribution in [1.29, 1.82) is 0 Å². The van der Waals surface area contributed by atoms with E-state index < -0.39 is 16.3 Å². The number of aliphatic hydroxyl groups is 1. The number of benzene rings is 4. The lowest BCUT2D eigenvalue weighted by Crippen LogP contribution is -2.31. The van der Waals surface area contributed by atoms with Crippen molar-refractivity contribution < 1.29 is 23.0 Å². The van der Waals surface area contributed by atoms with Crippen molar-refractivity contribution in [1.82, 2.24) is 19.5 Å². The maximum Gasteiger partial charge on any atom is 0.240 e. The molecule has 1 aliphatic heterocycles. The van der Waals surface area contributed by atoms with Gasteiger partial charge in [-0.1, -0.05) is 103 Å². The molecule has 6 rings (SSSR count). The van der Waals surface area contributed by atoms with Gasteiger partial charge in [-0.2, -0.15) is 0 Å². The summed E-state index contributed by atoms with van der Waals surface area (Å²) in [5, 5.41) is 18.5. The lowest BCUT2D eigenvalue weighted by Gasteiger charge is -2.36. The molecule has 0 saturated carbocycles. The van der Waals surface area contributed by atoms with Crippen LogP contribution in [-0.4, -0.2) is 40.1 Å². The van der Waals surface area contributed by atoms with E-state index >= 15 is 0 Å². The van der Waals surface area contributed by atoms with Gasteiger partial charge in [-0.15, -0.1) is 10.2 Å². The van der Waals surface area contributed by atoms with E-state index in [0.717, 1.165) is 38.5 Å². The Morgan fingerprint density at radius 2 is 1.62 bits per heavy atom. The Morgan fingerprint density at radius 1 is 0.911 bits per heavy atom. The van der Waals surface area contributed by atoms with Crippen LogP contribution < -0.4 is 4.72 Å². The van der Waals surface area contributed by atoms with Crippen LogP contribution in [0.15, 0.2) is 120 Å². The molecule has 232 valence electrons. The average molecular weight is 643 g/mol. The van der Waals surface area contributed by atoms with Gasteiger partial charge in [-0.05, 0) is 39.9 Å². The third-order valence-corrected chi connectivity index (χ3v) is 10.3. The molecule has 1 fully saturated rings. The van der Waals surface area contributed by atoms with E-state index in [1.807, 2.05) is 84.4 Å². The number of hydrogen-bond acceptors (Lipinski definition) is 8. The first kappa shape index (κ1) is 31.2. The molecule has 0 amide bonds. The van der Waals surface area contributed by atoms with Crippen molar-refractivity contribution in [2.75, 3.05) is 5.75 Å². The van der Waals surface area contributed by atoms with Crippen LogP contribution in [-0.2, 0) is 39.7 Å². The highest BCUT2D eigenvalue weighted by Crippen LogP contribution is 2.40. The van der Waals surface area contributed by atoms with E-state index in [1.54, 1.807) is 48.4 Å². The number of nitrogens with zero attached hydrogens (tertiary/aromatic N) is 3. The highest BCUT2D eigenvalue weighted by molar-refractivity contribution is 7.99. The van der Waals surface area contributed by atoms with Crippen LogP contribution in [0.2, 0.25) is 0 Å². The van der Waals surface area contributed by atoms with Gasteiger partial charge >= 0.3 is 0 Å². The normalized spacial score (nSPS) is 18.6. The molecule has 0 bridgehead atoms. The van der Waals surface area contributed by atoms with Gasteiger partial charge in [0.15, 0.2) is 11.4 Å². The molecular formula is C34H34N4O5S2. The van der Waals surface area contributed by atoms with Gasteiger partial charge in [0.1, 0.15) is 6.33 Å². The van der Waals surface area contributed by atoms with Gasteiger partial charge in [-0.3, -0.25) is 0 Å². The van der Waals surface area contributed by atoms with E-state index in [9.17, 15) is 13.5 Å². The Balaban J connectivity index is 1.20. The predicted molar refractivity (Wildman–Crippen MR) is 172 cm³/mol. The van der Waals surface area contributed by atoms with Gasteiger partial charge in [0.2, 0.25) is 10.0 Å². The maximum atomic E-state index is 12.8. The van der Waals surface area contributed by atoms with Crippen molar-refractivity contribution in [3.63, 3.8) is 0 Å². The van der Waals surface area contributed by atoms with E-state index in [0.29, 0.717) is 12.2 Å². The third-order valence-electron chi connectivity index (χ3n) is 7.70.